The van der Waals surface area contributed by atoms with Crippen LogP contribution in [0.4, 0.5) is 5.69 Å². The van der Waals surface area contributed by atoms with Gasteiger partial charge in [0.25, 0.3) is 5.69 Å². The normalized spacial score (nSPS) is 14.8. The van der Waals surface area contributed by atoms with E-state index in [2.05, 4.69) is 0 Å². The second-order valence-electron chi connectivity index (χ2n) is 4.79. The third-order valence-corrected chi connectivity index (χ3v) is 3.46. The van der Waals surface area contributed by atoms with Crippen LogP contribution in [0.3, 0.4) is 0 Å². The first kappa shape index (κ1) is 16.8. The molecule has 0 aromatic heterocycles. The van der Waals surface area contributed by atoms with Crippen molar-refractivity contribution in [1.82, 2.24) is 4.90 Å². The van der Waals surface area contributed by atoms with Crippen LogP contribution >= 0.6 is 0 Å². The number of amides is 1. The molecule has 0 aliphatic carbocycles. The molecular formula is C15H18N2O6. The highest BCUT2D eigenvalue weighted by Gasteiger charge is 2.19. The number of methoxy groups -OCH3 is 2. The van der Waals surface area contributed by atoms with Gasteiger partial charge in [-0.2, -0.15) is 0 Å². The zero-order chi connectivity index (χ0) is 16.8. The summed E-state index contributed by atoms with van der Waals surface area (Å²) < 4.78 is 15.4. The Kier molecular flexibility index (Phi) is 5.53. The summed E-state index contributed by atoms with van der Waals surface area (Å²) in [5, 5.41) is 11.2. The van der Waals surface area contributed by atoms with Crippen LogP contribution in [0.25, 0.3) is 6.08 Å². The first-order valence-electron chi connectivity index (χ1n) is 7.02. The van der Waals surface area contributed by atoms with Gasteiger partial charge in [0.15, 0.2) is 11.5 Å². The van der Waals surface area contributed by atoms with Crippen LogP contribution in [0, 0.1) is 10.1 Å². The molecule has 1 aromatic rings. The van der Waals surface area contributed by atoms with E-state index in [0.29, 0.717) is 32.1 Å². The van der Waals surface area contributed by atoms with Crippen molar-refractivity contribution in [2.24, 2.45) is 0 Å². The van der Waals surface area contributed by atoms with Gasteiger partial charge in [-0.1, -0.05) is 0 Å². The highest BCUT2D eigenvalue weighted by Crippen LogP contribution is 2.35. The fourth-order valence-corrected chi connectivity index (χ4v) is 2.23. The predicted octanol–water partition coefficient (Wildman–Crippen LogP) is 1.48. The molecule has 8 nitrogen and oxygen atoms in total. The molecule has 1 aromatic carbocycles. The molecular weight excluding hydrogens is 304 g/mol. The second-order valence-corrected chi connectivity index (χ2v) is 4.79. The summed E-state index contributed by atoms with van der Waals surface area (Å²) in [5.41, 5.74) is 0.114. The molecule has 1 fully saturated rings. The zero-order valence-corrected chi connectivity index (χ0v) is 13.0. The zero-order valence-electron chi connectivity index (χ0n) is 13.0. The van der Waals surface area contributed by atoms with Crippen LogP contribution < -0.4 is 9.47 Å². The van der Waals surface area contributed by atoms with Gasteiger partial charge in [0.05, 0.1) is 44.0 Å². The molecule has 0 atom stereocenters. The molecule has 1 heterocycles. The molecule has 0 spiro atoms. The van der Waals surface area contributed by atoms with Crippen molar-refractivity contribution in [2.75, 3.05) is 40.5 Å². The summed E-state index contributed by atoms with van der Waals surface area (Å²) in [6.45, 7) is 2.01. The molecule has 0 unspecified atom stereocenters. The third-order valence-electron chi connectivity index (χ3n) is 3.46. The van der Waals surface area contributed by atoms with Crippen LogP contribution in [-0.4, -0.2) is 56.3 Å². The molecule has 124 valence electrons. The van der Waals surface area contributed by atoms with Crippen molar-refractivity contribution in [2.45, 2.75) is 0 Å². The maximum Gasteiger partial charge on any atom is 0.280 e. The highest BCUT2D eigenvalue weighted by atomic mass is 16.6. The van der Waals surface area contributed by atoms with Gasteiger partial charge in [-0.15, -0.1) is 0 Å². The molecule has 2 rings (SSSR count). The Bertz CT molecular complexity index is 623. The van der Waals surface area contributed by atoms with Gasteiger partial charge in [0.1, 0.15) is 0 Å². The summed E-state index contributed by atoms with van der Waals surface area (Å²) in [5.74, 6) is 0.407. The Morgan fingerprint density at radius 1 is 1.26 bits per heavy atom. The summed E-state index contributed by atoms with van der Waals surface area (Å²) in [7, 11) is 2.84. The monoisotopic (exact) mass is 322 g/mol. The Hall–Kier alpha value is -2.61. The molecule has 23 heavy (non-hydrogen) atoms. The lowest BCUT2D eigenvalue weighted by atomic mass is 10.1. The van der Waals surface area contributed by atoms with Gasteiger partial charge in [0.2, 0.25) is 5.91 Å². The van der Waals surface area contributed by atoms with Gasteiger partial charge in [-0.3, -0.25) is 14.9 Å². The summed E-state index contributed by atoms with van der Waals surface area (Å²) in [6.07, 6.45) is 2.73. The lowest BCUT2D eigenvalue weighted by Gasteiger charge is -2.25. The maximum absolute atomic E-state index is 12.1. The van der Waals surface area contributed by atoms with E-state index in [9.17, 15) is 14.9 Å². The van der Waals surface area contributed by atoms with Crippen LogP contribution in [0.5, 0.6) is 11.5 Å². The van der Waals surface area contributed by atoms with Gasteiger partial charge < -0.3 is 19.1 Å². The number of ether oxygens (including phenoxy) is 3. The fourth-order valence-electron chi connectivity index (χ4n) is 2.23. The Labute approximate surface area is 133 Å². The number of hydrogen-bond donors (Lipinski definition) is 0. The summed E-state index contributed by atoms with van der Waals surface area (Å²) >= 11 is 0. The number of rotatable bonds is 5. The topological polar surface area (TPSA) is 91.1 Å². The highest BCUT2D eigenvalue weighted by molar-refractivity contribution is 5.92. The number of morpholine rings is 1. The molecule has 1 amide bonds. The Balaban J connectivity index is 2.28. The molecule has 8 heteroatoms. The molecule has 1 aliphatic heterocycles. The Morgan fingerprint density at radius 2 is 1.87 bits per heavy atom. The number of nitrogens with zero attached hydrogens (tertiary/aromatic N) is 2. The van der Waals surface area contributed by atoms with Gasteiger partial charge in [0, 0.05) is 19.2 Å². The minimum Gasteiger partial charge on any atom is -0.493 e. The number of benzene rings is 1. The van der Waals surface area contributed by atoms with E-state index in [1.165, 1.54) is 38.5 Å². The molecule has 0 radical (unpaired) electrons. The number of hydrogen-bond acceptors (Lipinski definition) is 6. The number of nitro groups is 1. The van der Waals surface area contributed by atoms with Gasteiger partial charge in [-0.25, -0.2) is 0 Å². The van der Waals surface area contributed by atoms with E-state index in [1.807, 2.05) is 0 Å². The maximum atomic E-state index is 12.1. The largest absolute Gasteiger partial charge is 0.493 e. The van der Waals surface area contributed by atoms with Crippen LogP contribution in [0.15, 0.2) is 18.2 Å². The van der Waals surface area contributed by atoms with E-state index in [4.69, 9.17) is 14.2 Å². The average Bonchev–Trinajstić information content (AvgIpc) is 2.59. The molecule has 1 aliphatic rings. The molecule has 0 N–H and O–H groups in total. The number of carbonyl (C=O) groups is 1. The van der Waals surface area contributed by atoms with E-state index in [-0.39, 0.29) is 22.9 Å². The fraction of sp³-hybridized carbons (Fsp3) is 0.400. The van der Waals surface area contributed by atoms with Gasteiger partial charge >= 0.3 is 0 Å². The van der Waals surface area contributed by atoms with Gasteiger partial charge in [-0.05, 0) is 12.1 Å². The van der Waals surface area contributed by atoms with Crippen molar-refractivity contribution in [3.05, 3.63) is 33.9 Å². The summed E-state index contributed by atoms with van der Waals surface area (Å²) in [4.78, 5) is 24.4. The van der Waals surface area contributed by atoms with Crippen LogP contribution in [0.1, 0.15) is 5.56 Å². The summed E-state index contributed by atoms with van der Waals surface area (Å²) in [6, 6.07) is 2.75. The lowest BCUT2D eigenvalue weighted by Crippen LogP contribution is -2.39. The SMILES string of the molecule is COc1cc(/C=C/C(=O)N2CCOCC2)c([N+](=O)[O-])cc1OC. The van der Waals surface area contributed by atoms with E-state index in [1.54, 1.807) is 4.90 Å². The third kappa shape index (κ3) is 3.98. The van der Waals surface area contributed by atoms with E-state index >= 15 is 0 Å². The van der Waals surface area contributed by atoms with Crippen LogP contribution in [0.2, 0.25) is 0 Å². The first-order valence-corrected chi connectivity index (χ1v) is 7.02. The van der Waals surface area contributed by atoms with Crippen molar-refractivity contribution < 1.29 is 23.9 Å². The van der Waals surface area contributed by atoms with Crippen molar-refractivity contribution in [1.29, 1.82) is 0 Å². The standard InChI is InChI=1S/C15H18N2O6/c1-21-13-9-11(12(17(19)20)10-14(13)22-2)3-4-15(18)16-5-7-23-8-6-16/h3-4,9-10H,5-8H2,1-2H3/b4-3+. The molecule has 0 saturated carbocycles. The van der Waals surface area contributed by atoms with Crippen LogP contribution in [-0.2, 0) is 9.53 Å². The lowest BCUT2D eigenvalue weighted by molar-refractivity contribution is -0.385. The van der Waals surface area contributed by atoms with Crippen molar-refractivity contribution in [3.63, 3.8) is 0 Å². The average molecular weight is 322 g/mol. The smallest absolute Gasteiger partial charge is 0.280 e. The van der Waals surface area contributed by atoms with Crippen molar-refractivity contribution >= 4 is 17.7 Å². The number of carbonyl (C=O) groups excluding carboxylic acids is 1. The quantitative estimate of drug-likeness (QED) is 0.463. The molecule has 0 bridgehead atoms. The van der Waals surface area contributed by atoms with E-state index in [0.717, 1.165) is 0 Å². The first-order chi connectivity index (χ1) is 11.1. The number of nitro benzene ring substituents is 1. The minimum atomic E-state index is -0.527. The molecule has 1 saturated heterocycles. The van der Waals surface area contributed by atoms with Crippen molar-refractivity contribution in [3.8, 4) is 11.5 Å². The second kappa shape index (κ2) is 7.59. The predicted molar refractivity (Wildman–Crippen MR) is 82.6 cm³/mol. The minimum absolute atomic E-state index is 0.159. The van der Waals surface area contributed by atoms with E-state index < -0.39 is 4.92 Å². The Morgan fingerprint density at radius 3 is 2.43 bits per heavy atom.